The van der Waals surface area contributed by atoms with Crippen molar-refractivity contribution in [2.24, 2.45) is 0 Å². The van der Waals surface area contributed by atoms with Crippen LogP contribution in [0.4, 0.5) is 8.78 Å². The summed E-state index contributed by atoms with van der Waals surface area (Å²) in [5, 5.41) is 7.10. The highest BCUT2D eigenvalue weighted by Crippen LogP contribution is 2.30. The molecule has 1 atom stereocenters. The first kappa shape index (κ1) is 16.0. The molecular weight excluding hydrogens is 344 g/mol. The molecule has 0 spiro atoms. The van der Waals surface area contributed by atoms with Gasteiger partial charge in [0, 0.05) is 18.0 Å². The Balaban J connectivity index is 2.11. The summed E-state index contributed by atoms with van der Waals surface area (Å²) in [7, 11) is 0. The molecule has 1 heterocycles. The maximum Gasteiger partial charge on any atom is 0.227 e. The summed E-state index contributed by atoms with van der Waals surface area (Å²) in [6, 6.07) is 2.80. The van der Waals surface area contributed by atoms with Crippen LogP contribution in [0.1, 0.15) is 26.2 Å². The van der Waals surface area contributed by atoms with E-state index in [-0.39, 0.29) is 10.3 Å². The van der Waals surface area contributed by atoms with E-state index in [9.17, 15) is 8.78 Å². The molecule has 7 heteroatoms. The number of hydrogen-bond acceptors (Lipinski definition) is 4. The lowest BCUT2D eigenvalue weighted by Gasteiger charge is -2.09. The number of halogens is 3. The summed E-state index contributed by atoms with van der Waals surface area (Å²) < 4.78 is 31.7. The van der Waals surface area contributed by atoms with E-state index >= 15 is 0 Å². The lowest BCUT2D eigenvalue weighted by atomic mass is 10.2. The molecule has 1 N–H and O–H groups in total. The second-order valence-corrected chi connectivity index (χ2v) is 5.53. The Bertz CT molecular complexity index is 618. The molecule has 114 valence electrons. The van der Waals surface area contributed by atoms with Crippen LogP contribution in [0, 0.1) is 11.6 Å². The minimum atomic E-state index is -0.959. The highest BCUT2D eigenvalue weighted by atomic mass is 79.9. The molecule has 0 bridgehead atoms. The molecule has 1 unspecified atom stereocenters. The van der Waals surface area contributed by atoms with E-state index in [1.807, 2.05) is 6.92 Å². The molecule has 4 nitrogen and oxygen atoms in total. The molecule has 0 aliphatic carbocycles. The fraction of sp³-hybridized carbons (Fsp3) is 0.429. The van der Waals surface area contributed by atoms with Crippen molar-refractivity contribution in [1.82, 2.24) is 15.5 Å². The zero-order valence-electron chi connectivity index (χ0n) is 11.8. The number of nitrogens with zero attached hydrogens (tertiary/aromatic N) is 2. The third-order valence-electron chi connectivity index (χ3n) is 3.09. The van der Waals surface area contributed by atoms with Gasteiger partial charge >= 0.3 is 0 Å². The lowest BCUT2D eigenvalue weighted by Crippen LogP contribution is -2.25. The topological polar surface area (TPSA) is 51.0 Å². The van der Waals surface area contributed by atoms with Gasteiger partial charge in [0.1, 0.15) is 0 Å². The first-order valence-electron chi connectivity index (χ1n) is 6.72. The molecule has 1 aromatic heterocycles. The molecule has 2 aromatic rings. The number of nitrogens with one attached hydrogen (secondary N) is 1. The third-order valence-corrected chi connectivity index (χ3v) is 3.86. The Hall–Kier alpha value is -1.34. The van der Waals surface area contributed by atoms with Crippen LogP contribution in [0.3, 0.4) is 0 Å². The van der Waals surface area contributed by atoms with Gasteiger partial charge in [-0.2, -0.15) is 4.98 Å². The molecule has 1 aromatic carbocycles. The average molecular weight is 360 g/mol. The molecular formula is C14H16BrF2N3O. The van der Waals surface area contributed by atoms with Gasteiger partial charge in [-0.05, 0) is 48.0 Å². The fourth-order valence-electron chi connectivity index (χ4n) is 1.95. The van der Waals surface area contributed by atoms with Gasteiger partial charge < -0.3 is 9.84 Å². The van der Waals surface area contributed by atoms with Crippen LogP contribution in [0.2, 0.25) is 0 Å². The van der Waals surface area contributed by atoms with Crippen LogP contribution >= 0.6 is 15.9 Å². The van der Waals surface area contributed by atoms with Crippen molar-refractivity contribution in [1.29, 1.82) is 0 Å². The SMILES string of the molecule is CCNC(C)CCc1nc(-c2ccc(F)c(F)c2Br)no1. The molecule has 0 saturated carbocycles. The van der Waals surface area contributed by atoms with Crippen LogP contribution < -0.4 is 5.32 Å². The van der Waals surface area contributed by atoms with Gasteiger partial charge in [0.05, 0.1) is 4.47 Å². The predicted octanol–water partition coefficient (Wildman–Crippen LogP) is 3.71. The molecule has 0 saturated heterocycles. The Morgan fingerprint density at radius 2 is 2.14 bits per heavy atom. The number of hydrogen-bond donors (Lipinski definition) is 1. The Kier molecular flexibility index (Phi) is 5.41. The lowest BCUT2D eigenvalue weighted by molar-refractivity contribution is 0.368. The number of benzene rings is 1. The molecule has 0 aliphatic heterocycles. The summed E-state index contributed by atoms with van der Waals surface area (Å²) in [6.45, 7) is 5.02. The Labute approximate surface area is 130 Å². The smallest absolute Gasteiger partial charge is 0.227 e. The van der Waals surface area contributed by atoms with Crippen molar-refractivity contribution in [2.45, 2.75) is 32.7 Å². The van der Waals surface area contributed by atoms with Gasteiger partial charge in [-0.3, -0.25) is 0 Å². The Morgan fingerprint density at radius 3 is 2.86 bits per heavy atom. The van der Waals surface area contributed by atoms with Crippen LogP contribution in [-0.2, 0) is 6.42 Å². The summed E-state index contributed by atoms with van der Waals surface area (Å²) >= 11 is 3.01. The molecule has 0 radical (unpaired) electrons. The summed E-state index contributed by atoms with van der Waals surface area (Å²) in [4.78, 5) is 4.22. The van der Waals surface area contributed by atoms with E-state index < -0.39 is 11.6 Å². The third kappa shape index (κ3) is 3.85. The largest absolute Gasteiger partial charge is 0.339 e. The van der Waals surface area contributed by atoms with Crippen molar-refractivity contribution in [2.75, 3.05) is 6.54 Å². The highest BCUT2D eigenvalue weighted by molar-refractivity contribution is 9.10. The van der Waals surface area contributed by atoms with Crippen molar-refractivity contribution in [3.8, 4) is 11.4 Å². The number of aromatic nitrogens is 2. The molecule has 2 rings (SSSR count). The van der Waals surface area contributed by atoms with Crippen LogP contribution in [0.5, 0.6) is 0 Å². The zero-order valence-corrected chi connectivity index (χ0v) is 13.4. The number of rotatable bonds is 6. The van der Waals surface area contributed by atoms with Gasteiger partial charge in [0.25, 0.3) is 0 Å². The van der Waals surface area contributed by atoms with Gasteiger partial charge in [0.2, 0.25) is 11.7 Å². The molecule has 0 aliphatic rings. The van der Waals surface area contributed by atoms with Crippen LogP contribution in [0.15, 0.2) is 21.1 Å². The molecule has 0 fully saturated rings. The first-order valence-corrected chi connectivity index (χ1v) is 7.52. The van der Waals surface area contributed by atoms with Crippen molar-refractivity contribution in [3.05, 3.63) is 34.1 Å². The van der Waals surface area contributed by atoms with Crippen molar-refractivity contribution >= 4 is 15.9 Å². The second kappa shape index (κ2) is 7.09. The summed E-state index contributed by atoms with van der Waals surface area (Å²) in [5.41, 5.74) is 0.364. The minimum absolute atomic E-state index is 0.00383. The van der Waals surface area contributed by atoms with Gasteiger partial charge in [-0.25, -0.2) is 8.78 Å². The monoisotopic (exact) mass is 359 g/mol. The van der Waals surface area contributed by atoms with Crippen molar-refractivity contribution < 1.29 is 13.3 Å². The Morgan fingerprint density at radius 1 is 1.38 bits per heavy atom. The van der Waals surface area contributed by atoms with E-state index in [0.29, 0.717) is 23.9 Å². The van der Waals surface area contributed by atoms with Crippen LogP contribution in [-0.4, -0.2) is 22.7 Å². The number of aryl methyl sites for hydroxylation is 1. The quantitative estimate of drug-likeness (QED) is 0.798. The van der Waals surface area contributed by atoms with Crippen LogP contribution in [0.25, 0.3) is 11.4 Å². The zero-order chi connectivity index (χ0) is 15.4. The predicted molar refractivity (Wildman–Crippen MR) is 78.8 cm³/mol. The standard InChI is InChI=1S/C14H16BrF2N3O/c1-3-18-8(2)4-7-11-19-14(20-21-11)9-5-6-10(16)13(17)12(9)15/h5-6,8,18H,3-4,7H2,1-2H3. The van der Waals surface area contributed by atoms with Gasteiger partial charge in [-0.1, -0.05) is 12.1 Å². The van der Waals surface area contributed by atoms with Crippen molar-refractivity contribution in [3.63, 3.8) is 0 Å². The van der Waals surface area contributed by atoms with E-state index in [0.717, 1.165) is 19.0 Å². The maximum absolute atomic E-state index is 13.5. The normalized spacial score (nSPS) is 12.6. The minimum Gasteiger partial charge on any atom is -0.339 e. The summed E-state index contributed by atoms with van der Waals surface area (Å²) in [6.07, 6.45) is 1.48. The van der Waals surface area contributed by atoms with E-state index in [2.05, 4.69) is 38.3 Å². The van der Waals surface area contributed by atoms with Gasteiger partial charge in [-0.15, -0.1) is 0 Å². The first-order chi connectivity index (χ1) is 10.0. The maximum atomic E-state index is 13.5. The molecule has 0 amide bonds. The van der Waals surface area contributed by atoms with E-state index in [1.54, 1.807) is 0 Å². The van der Waals surface area contributed by atoms with Gasteiger partial charge in [0.15, 0.2) is 11.6 Å². The molecule has 21 heavy (non-hydrogen) atoms. The average Bonchev–Trinajstić information content (AvgIpc) is 2.92. The van der Waals surface area contributed by atoms with E-state index in [4.69, 9.17) is 4.52 Å². The highest BCUT2D eigenvalue weighted by Gasteiger charge is 2.17. The van der Waals surface area contributed by atoms with E-state index in [1.165, 1.54) is 6.07 Å². The second-order valence-electron chi connectivity index (χ2n) is 4.73. The summed E-state index contributed by atoms with van der Waals surface area (Å²) in [5.74, 6) is -1.16. The fourth-order valence-corrected chi connectivity index (χ4v) is 2.45.